The number of carbonyl (C=O) groups is 2. The maximum Gasteiger partial charge on any atom is 0.314 e. The molecule has 1 unspecified atom stereocenters. The number of rotatable bonds is 2. The highest BCUT2D eigenvalue weighted by atomic mass is 16.6. The van der Waals surface area contributed by atoms with E-state index in [9.17, 15) is 9.59 Å². The minimum Gasteiger partial charge on any atom is -0.459 e. The average Bonchev–Trinajstić information content (AvgIpc) is 2.14. The van der Waals surface area contributed by atoms with Gasteiger partial charge in [-0.2, -0.15) is 0 Å². The third-order valence-corrected chi connectivity index (χ3v) is 2.87. The van der Waals surface area contributed by atoms with Crippen LogP contribution < -0.4 is 5.73 Å². The van der Waals surface area contributed by atoms with Crippen LogP contribution in [0.15, 0.2) is 0 Å². The van der Waals surface area contributed by atoms with Crippen LogP contribution in [0.1, 0.15) is 46.5 Å². The molecular weight excluding hydrogens is 206 g/mol. The maximum absolute atomic E-state index is 12.1. The van der Waals surface area contributed by atoms with Crippen molar-refractivity contribution in [2.24, 2.45) is 11.1 Å². The van der Waals surface area contributed by atoms with Gasteiger partial charge in [-0.3, -0.25) is 9.59 Å². The lowest BCUT2D eigenvalue weighted by atomic mass is 9.73. The van der Waals surface area contributed by atoms with Crippen molar-refractivity contribution >= 4 is 11.8 Å². The molecule has 0 heterocycles. The molecular formula is C12H21NO3. The second kappa shape index (κ2) is 4.53. The molecule has 0 saturated heterocycles. The molecule has 0 aromatic rings. The van der Waals surface area contributed by atoms with E-state index < -0.39 is 11.0 Å². The van der Waals surface area contributed by atoms with Crippen LogP contribution in [0.5, 0.6) is 0 Å². The summed E-state index contributed by atoms with van der Waals surface area (Å²) in [7, 11) is 0. The number of Topliss-reactive ketones (excluding diaryl/α,β-unsaturated/α-hetero) is 1. The summed E-state index contributed by atoms with van der Waals surface area (Å²) >= 11 is 0. The third-order valence-electron chi connectivity index (χ3n) is 2.87. The summed E-state index contributed by atoms with van der Waals surface area (Å²) < 4.78 is 5.35. The van der Waals surface area contributed by atoms with E-state index in [0.717, 1.165) is 6.42 Å². The van der Waals surface area contributed by atoms with Crippen LogP contribution in [0, 0.1) is 5.41 Å². The molecule has 1 rings (SSSR count). The van der Waals surface area contributed by atoms with Gasteiger partial charge in [-0.25, -0.2) is 0 Å². The summed E-state index contributed by atoms with van der Waals surface area (Å²) in [6.07, 6.45) is 2.18. The lowest BCUT2D eigenvalue weighted by Crippen LogP contribution is -2.46. The Labute approximate surface area is 96.5 Å². The fraction of sp³-hybridized carbons (Fsp3) is 0.833. The maximum atomic E-state index is 12.1. The van der Waals surface area contributed by atoms with Crippen molar-refractivity contribution in [1.29, 1.82) is 0 Å². The third kappa shape index (κ3) is 3.04. The van der Waals surface area contributed by atoms with E-state index in [0.29, 0.717) is 12.8 Å². The highest BCUT2D eigenvalue weighted by Gasteiger charge is 2.44. The van der Waals surface area contributed by atoms with E-state index in [1.54, 1.807) is 0 Å². The van der Waals surface area contributed by atoms with Gasteiger partial charge >= 0.3 is 5.97 Å². The Morgan fingerprint density at radius 1 is 1.50 bits per heavy atom. The molecule has 1 saturated carbocycles. The molecule has 0 aliphatic heterocycles. The Balaban J connectivity index is 2.79. The molecule has 2 N–H and O–H groups in total. The van der Waals surface area contributed by atoms with E-state index in [-0.39, 0.29) is 24.7 Å². The average molecular weight is 227 g/mol. The van der Waals surface area contributed by atoms with E-state index in [1.165, 1.54) is 0 Å². The normalized spacial score (nSPS) is 26.6. The summed E-state index contributed by atoms with van der Waals surface area (Å²) in [6.45, 7) is 5.65. The number of nitrogens with two attached hydrogens (primary N) is 1. The predicted molar refractivity (Wildman–Crippen MR) is 60.8 cm³/mol. The van der Waals surface area contributed by atoms with Crippen LogP contribution >= 0.6 is 0 Å². The first-order valence-electron chi connectivity index (χ1n) is 5.74. The van der Waals surface area contributed by atoms with Crippen LogP contribution in [-0.2, 0) is 14.3 Å². The molecule has 0 amide bonds. The smallest absolute Gasteiger partial charge is 0.314 e. The zero-order valence-electron chi connectivity index (χ0n) is 10.3. The number of carbonyl (C=O) groups excluding carboxylic acids is 2. The fourth-order valence-electron chi connectivity index (χ4n) is 2.00. The Kier molecular flexibility index (Phi) is 3.73. The standard InChI is InChI=1S/C12H21NO3/c1-11(2,3)16-10(15)12(8-13)6-4-5-9(14)7-12/h4-8,13H2,1-3H3. The van der Waals surface area contributed by atoms with E-state index in [2.05, 4.69) is 0 Å². The van der Waals surface area contributed by atoms with Crippen LogP contribution in [0.25, 0.3) is 0 Å². The number of ether oxygens (including phenoxy) is 1. The molecule has 92 valence electrons. The van der Waals surface area contributed by atoms with Gasteiger partial charge in [0.2, 0.25) is 0 Å². The summed E-state index contributed by atoms with van der Waals surface area (Å²) in [4.78, 5) is 23.5. The van der Waals surface area contributed by atoms with Crippen molar-refractivity contribution < 1.29 is 14.3 Å². The second-order valence-corrected chi connectivity index (χ2v) is 5.56. The number of hydrogen-bond acceptors (Lipinski definition) is 4. The first-order valence-corrected chi connectivity index (χ1v) is 5.74. The summed E-state index contributed by atoms with van der Waals surface area (Å²) in [5.74, 6) is -0.210. The topological polar surface area (TPSA) is 69.4 Å². The molecule has 1 atom stereocenters. The Bertz CT molecular complexity index is 293. The van der Waals surface area contributed by atoms with Crippen LogP contribution in [-0.4, -0.2) is 23.9 Å². The molecule has 4 heteroatoms. The van der Waals surface area contributed by atoms with Crippen molar-refractivity contribution in [3.63, 3.8) is 0 Å². The largest absolute Gasteiger partial charge is 0.459 e. The van der Waals surface area contributed by atoms with Gasteiger partial charge in [0, 0.05) is 19.4 Å². The monoisotopic (exact) mass is 227 g/mol. The predicted octanol–water partition coefficient (Wildman–Crippen LogP) is 1.42. The lowest BCUT2D eigenvalue weighted by molar-refractivity contribution is -0.170. The summed E-state index contributed by atoms with van der Waals surface area (Å²) in [6, 6.07) is 0. The van der Waals surface area contributed by atoms with Crippen molar-refractivity contribution in [3.8, 4) is 0 Å². The van der Waals surface area contributed by atoms with Crippen molar-refractivity contribution in [2.45, 2.75) is 52.1 Å². The Morgan fingerprint density at radius 3 is 2.56 bits per heavy atom. The Morgan fingerprint density at radius 2 is 2.12 bits per heavy atom. The molecule has 0 radical (unpaired) electrons. The zero-order chi connectivity index (χ0) is 12.4. The molecule has 0 aromatic carbocycles. The minimum atomic E-state index is -0.775. The second-order valence-electron chi connectivity index (χ2n) is 5.56. The molecule has 0 bridgehead atoms. The lowest BCUT2D eigenvalue weighted by Gasteiger charge is -2.35. The first-order chi connectivity index (χ1) is 7.29. The van der Waals surface area contributed by atoms with Gasteiger partial charge in [0.25, 0.3) is 0 Å². The van der Waals surface area contributed by atoms with Gasteiger partial charge in [-0.1, -0.05) is 0 Å². The van der Waals surface area contributed by atoms with Crippen molar-refractivity contribution in [1.82, 2.24) is 0 Å². The van der Waals surface area contributed by atoms with Crippen LogP contribution in [0.4, 0.5) is 0 Å². The Hall–Kier alpha value is -0.900. The molecule has 1 aliphatic rings. The summed E-state index contributed by atoms with van der Waals surface area (Å²) in [5, 5.41) is 0. The highest BCUT2D eigenvalue weighted by molar-refractivity contribution is 5.88. The minimum absolute atomic E-state index is 0.113. The number of ketones is 1. The van der Waals surface area contributed by atoms with Crippen LogP contribution in [0.3, 0.4) is 0 Å². The fourth-order valence-corrected chi connectivity index (χ4v) is 2.00. The van der Waals surface area contributed by atoms with E-state index >= 15 is 0 Å². The quantitative estimate of drug-likeness (QED) is 0.724. The highest BCUT2D eigenvalue weighted by Crippen LogP contribution is 2.35. The van der Waals surface area contributed by atoms with E-state index in [4.69, 9.17) is 10.5 Å². The SMILES string of the molecule is CC(C)(C)OC(=O)C1(CN)CCCC(=O)C1. The number of hydrogen-bond donors (Lipinski definition) is 1. The molecule has 1 aliphatic carbocycles. The van der Waals surface area contributed by atoms with Gasteiger partial charge in [-0.05, 0) is 33.6 Å². The van der Waals surface area contributed by atoms with Gasteiger partial charge in [0.15, 0.2) is 0 Å². The van der Waals surface area contributed by atoms with E-state index in [1.807, 2.05) is 20.8 Å². The van der Waals surface area contributed by atoms with Crippen LogP contribution in [0.2, 0.25) is 0 Å². The van der Waals surface area contributed by atoms with Gasteiger partial charge < -0.3 is 10.5 Å². The zero-order valence-corrected chi connectivity index (χ0v) is 10.3. The molecule has 16 heavy (non-hydrogen) atoms. The van der Waals surface area contributed by atoms with Crippen molar-refractivity contribution in [2.75, 3.05) is 6.54 Å². The number of esters is 1. The summed E-state index contributed by atoms with van der Waals surface area (Å²) in [5.41, 5.74) is 4.36. The van der Waals surface area contributed by atoms with Crippen molar-refractivity contribution in [3.05, 3.63) is 0 Å². The molecule has 4 nitrogen and oxygen atoms in total. The van der Waals surface area contributed by atoms with Gasteiger partial charge in [0.1, 0.15) is 11.4 Å². The molecule has 0 spiro atoms. The van der Waals surface area contributed by atoms with Gasteiger partial charge in [-0.15, -0.1) is 0 Å². The molecule has 0 aromatic heterocycles. The van der Waals surface area contributed by atoms with Gasteiger partial charge in [0.05, 0.1) is 5.41 Å². The first kappa shape index (κ1) is 13.2. The molecule has 1 fully saturated rings.